The Balaban J connectivity index is 3.09. The van der Waals surface area contributed by atoms with E-state index in [1.807, 2.05) is 0 Å². The first-order chi connectivity index (χ1) is 7.07. The quantitative estimate of drug-likeness (QED) is 0.642. The van der Waals surface area contributed by atoms with E-state index in [2.05, 4.69) is 0 Å². The molecule has 0 saturated carbocycles. The molecule has 2 nitrogen and oxygen atoms in total. The van der Waals surface area contributed by atoms with E-state index in [1.165, 1.54) is 12.1 Å². The summed E-state index contributed by atoms with van der Waals surface area (Å²) in [6.07, 6.45) is -2.78. The van der Waals surface area contributed by atoms with E-state index in [1.54, 1.807) is 0 Å². The Labute approximate surface area is 90.5 Å². The minimum Gasteiger partial charge on any atom is -0.507 e. The summed E-state index contributed by atoms with van der Waals surface area (Å²) >= 11 is 5.35. The number of benzene rings is 1. The van der Waals surface area contributed by atoms with E-state index in [9.17, 15) is 18.7 Å². The van der Waals surface area contributed by atoms with Crippen molar-refractivity contribution in [1.82, 2.24) is 0 Å². The Morgan fingerprint density at radius 1 is 1.47 bits per heavy atom. The van der Waals surface area contributed by atoms with Gasteiger partial charge in [0.25, 0.3) is 6.43 Å². The molecule has 1 N–H and O–H groups in total. The summed E-state index contributed by atoms with van der Waals surface area (Å²) in [7, 11) is 0. The molecule has 0 unspecified atom stereocenters. The van der Waals surface area contributed by atoms with Crippen LogP contribution in [0.3, 0.4) is 0 Å². The molecule has 1 aromatic rings. The minimum atomic E-state index is -2.80. The molecule has 0 bridgehead atoms. The molecule has 1 rings (SSSR count). The molecule has 0 spiro atoms. The Bertz CT molecular complexity index is 366. The normalized spacial score (nSPS) is 10.7. The topological polar surface area (TPSA) is 37.3 Å². The zero-order valence-electron chi connectivity index (χ0n) is 7.71. The number of carbonyl (C=O) groups is 1. The lowest BCUT2D eigenvalue weighted by molar-refractivity contribution is 0.0985. The average molecular weight is 235 g/mol. The Kier molecular flexibility index (Phi) is 4.03. The van der Waals surface area contributed by atoms with Gasteiger partial charge >= 0.3 is 0 Å². The molecule has 0 aliphatic heterocycles. The van der Waals surface area contributed by atoms with Crippen LogP contribution in [0.15, 0.2) is 18.2 Å². The van der Waals surface area contributed by atoms with Crippen molar-refractivity contribution in [2.24, 2.45) is 0 Å². The van der Waals surface area contributed by atoms with Gasteiger partial charge in [-0.15, -0.1) is 11.6 Å². The van der Waals surface area contributed by atoms with Crippen LogP contribution in [-0.4, -0.2) is 16.8 Å². The van der Waals surface area contributed by atoms with Crippen LogP contribution in [-0.2, 0) is 0 Å². The zero-order chi connectivity index (χ0) is 11.4. The number of hydrogen-bond acceptors (Lipinski definition) is 2. The maximum atomic E-state index is 12.4. The first-order valence-corrected chi connectivity index (χ1v) is 4.80. The third-order valence-corrected chi connectivity index (χ3v) is 2.11. The summed E-state index contributed by atoms with van der Waals surface area (Å²) < 4.78 is 24.7. The fraction of sp³-hybridized carbons (Fsp3) is 0.300. The highest BCUT2D eigenvalue weighted by molar-refractivity contribution is 6.19. The van der Waals surface area contributed by atoms with E-state index in [4.69, 9.17) is 11.6 Å². The Morgan fingerprint density at radius 3 is 2.67 bits per heavy atom. The number of aromatic hydroxyl groups is 1. The van der Waals surface area contributed by atoms with Crippen LogP contribution >= 0.6 is 11.6 Å². The summed E-state index contributed by atoms with van der Waals surface area (Å²) in [5.41, 5.74) is -0.635. The standard InChI is InChI=1S/C10H9ClF2O2/c11-5-4-8(14)6-2-1-3-7(9(6)15)10(12)13/h1-3,10,15H,4-5H2. The minimum absolute atomic E-state index is 0.0157. The van der Waals surface area contributed by atoms with Crippen LogP contribution in [0.5, 0.6) is 5.75 Å². The summed E-state index contributed by atoms with van der Waals surface area (Å²) in [5.74, 6) is -0.996. The number of rotatable bonds is 4. The second-order valence-corrected chi connectivity index (χ2v) is 3.28. The highest BCUT2D eigenvalue weighted by Crippen LogP contribution is 2.31. The molecule has 0 aromatic heterocycles. The molecule has 0 heterocycles. The van der Waals surface area contributed by atoms with Crippen molar-refractivity contribution >= 4 is 17.4 Å². The van der Waals surface area contributed by atoms with Crippen molar-refractivity contribution < 1.29 is 18.7 Å². The number of para-hydroxylation sites is 1. The van der Waals surface area contributed by atoms with Crippen LogP contribution in [0.4, 0.5) is 8.78 Å². The summed E-state index contributed by atoms with van der Waals surface area (Å²) in [6, 6.07) is 3.69. The van der Waals surface area contributed by atoms with Gasteiger partial charge in [-0.2, -0.15) is 0 Å². The van der Waals surface area contributed by atoms with E-state index in [0.717, 1.165) is 6.07 Å². The lowest BCUT2D eigenvalue weighted by Gasteiger charge is -2.07. The van der Waals surface area contributed by atoms with Gasteiger partial charge in [0.1, 0.15) is 5.75 Å². The molecule has 0 amide bonds. The molecule has 0 saturated heterocycles. The van der Waals surface area contributed by atoms with Crippen LogP contribution in [0.1, 0.15) is 28.8 Å². The van der Waals surface area contributed by atoms with Crippen LogP contribution in [0.25, 0.3) is 0 Å². The molecule has 0 aliphatic rings. The molecular formula is C10H9ClF2O2. The average Bonchev–Trinajstić information content (AvgIpc) is 2.17. The number of Topliss-reactive ketones (excluding diaryl/α,β-unsaturated/α-hetero) is 1. The van der Waals surface area contributed by atoms with E-state index < -0.39 is 23.5 Å². The Hall–Kier alpha value is -1.16. The number of ketones is 1. The smallest absolute Gasteiger partial charge is 0.267 e. The van der Waals surface area contributed by atoms with Crippen molar-refractivity contribution in [2.75, 3.05) is 5.88 Å². The predicted molar refractivity (Wildman–Crippen MR) is 52.7 cm³/mol. The second kappa shape index (κ2) is 5.07. The van der Waals surface area contributed by atoms with Gasteiger partial charge in [-0.1, -0.05) is 6.07 Å². The number of phenolic OH excluding ortho intramolecular Hbond substituents is 1. The van der Waals surface area contributed by atoms with Crippen molar-refractivity contribution in [3.05, 3.63) is 29.3 Å². The van der Waals surface area contributed by atoms with Crippen molar-refractivity contribution in [3.63, 3.8) is 0 Å². The number of alkyl halides is 3. The Morgan fingerprint density at radius 2 is 2.13 bits per heavy atom. The molecule has 5 heteroatoms. The van der Waals surface area contributed by atoms with Crippen molar-refractivity contribution in [2.45, 2.75) is 12.8 Å². The molecule has 0 radical (unpaired) electrons. The molecule has 82 valence electrons. The summed E-state index contributed by atoms with van der Waals surface area (Å²) in [6.45, 7) is 0. The third-order valence-electron chi connectivity index (χ3n) is 1.92. The summed E-state index contributed by atoms with van der Waals surface area (Å²) in [4.78, 5) is 11.4. The van der Waals surface area contributed by atoms with Gasteiger partial charge in [0.05, 0.1) is 11.1 Å². The van der Waals surface area contributed by atoms with Gasteiger partial charge in [-0.25, -0.2) is 8.78 Å². The van der Waals surface area contributed by atoms with Gasteiger partial charge < -0.3 is 5.11 Å². The molecule has 0 fully saturated rings. The van der Waals surface area contributed by atoms with Gasteiger partial charge in [-0.3, -0.25) is 4.79 Å². The fourth-order valence-electron chi connectivity index (χ4n) is 1.18. The largest absolute Gasteiger partial charge is 0.507 e. The monoisotopic (exact) mass is 234 g/mol. The first-order valence-electron chi connectivity index (χ1n) is 4.27. The van der Waals surface area contributed by atoms with E-state index in [0.29, 0.717) is 0 Å². The molecule has 1 aromatic carbocycles. The van der Waals surface area contributed by atoms with Crippen molar-refractivity contribution in [1.29, 1.82) is 0 Å². The molecular weight excluding hydrogens is 226 g/mol. The maximum absolute atomic E-state index is 12.4. The first kappa shape index (κ1) is 11.9. The fourth-order valence-corrected chi connectivity index (χ4v) is 1.35. The van der Waals surface area contributed by atoms with E-state index in [-0.39, 0.29) is 17.9 Å². The molecule has 0 aliphatic carbocycles. The van der Waals surface area contributed by atoms with Gasteiger partial charge in [-0.05, 0) is 12.1 Å². The van der Waals surface area contributed by atoms with Crippen LogP contribution in [0, 0.1) is 0 Å². The number of halogens is 3. The predicted octanol–water partition coefficient (Wildman–Crippen LogP) is 3.14. The zero-order valence-corrected chi connectivity index (χ0v) is 8.47. The lowest BCUT2D eigenvalue weighted by Crippen LogP contribution is -2.01. The number of carbonyl (C=O) groups excluding carboxylic acids is 1. The van der Waals surface area contributed by atoms with Crippen LogP contribution < -0.4 is 0 Å². The second-order valence-electron chi connectivity index (χ2n) is 2.91. The van der Waals surface area contributed by atoms with Gasteiger partial charge in [0, 0.05) is 12.3 Å². The van der Waals surface area contributed by atoms with Gasteiger partial charge in [0.2, 0.25) is 0 Å². The highest BCUT2D eigenvalue weighted by atomic mass is 35.5. The number of hydrogen-bond donors (Lipinski definition) is 1. The maximum Gasteiger partial charge on any atom is 0.267 e. The van der Waals surface area contributed by atoms with E-state index >= 15 is 0 Å². The number of phenols is 1. The third kappa shape index (κ3) is 2.65. The molecule has 0 atom stereocenters. The van der Waals surface area contributed by atoms with Crippen LogP contribution in [0.2, 0.25) is 0 Å². The SMILES string of the molecule is O=C(CCCl)c1cccc(C(F)F)c1O. The molecule has 15 heavy (non-hydrogen) atoms. The summed E-state index contributed by atoms with van der Waals surface area (Å²) in [5, 5.41) is 9.41. The van der Waals surface area contributed by atoms with Crippen molar-refractivity contribution in [3.8, 4) is 5.75 Å². The lowest BCUT2D eigenvalue weighted by atomic mass is 10.0. The highest BCUT2D eigenvalue weighted by Gasteiger charge is 2.18. The van der Waals surface area contributed by atoms with Gasteiger partial charge in [0.15, 0.2) is 5.78 Å².